The Balaban J connectivity index is 1.71. The molecule has 1 amide bonds. The lowest BCUT2D eigenvalue weighted by atomic mass is 9.78. The summed E-state index contributed by atoms with van der Waals surface area (Å²) in [4.78, 5) is 28.0. The molecule has 2 heterocycles. The van der Waals surface area contributed by atoms with Crippen molar-refractivity contribution >= 4 is 11.9 Å². The molecule has 2 aliphatic rings. The number of nitrogens with zero attached hydrogens (tertiary/aromatic N) is 1. The zero-order valence-corrected chi connectivity index (χ0v) is 26.3. The van der Waals surface area contributed by atoms with Gasteiger partial charge >= 0.3 is 5.97 Å². The van der Waals surface area contributed by atoms with Crippen LogP contribution in [-0.4, -0.2) is 47.7 Å². The lowest BCUT2D eigenvalue weighted by Gasteiger charge is -2.36. The predicted molar refractivity (Wildman–Crippen MR) is 162 cm³/mol. The van der Waals surface area contributed by atoms with Crippen molar-refractivity contribution in [2.45, 2.75) is 79.1 Å². The maximum Gasteiger partial charge on any atom is 0.337 e. The van der Waals surface area contributed by atoms with Crippen LogP contribution >= 0.6 is 0 Å². The number of carboxylic acid groups (broad SMARTS) is 1. The van der Waals surface area contributed by atoms with Gasteiger partial charge < -0.3 is 24.2 Å². The molecule has 3 aromatic rings. The molecule has 1 atom stereocenters. The third-order valence-electron chi connectivity index (χ3n) is 8.65. The van der Waals surface area contributed by atoms with Crippen LogP contribution in [-0.2, 0) is 28.9 Å². The molecule has 44 heavy (non-hydrogen) atoms. The second kappa shape index (κ2) is 11.8. The van der Waals surface area contributed by atoms with Gasteiger partial charge in [-0.3, -0.25) is 4.79 Å². The molecule has 0 aliphatic carbocycles. The summed E-state index contributed by atoms with van der Waals surface area (Å²) in [6.45, 7) is 12.1. The number of halogens is 2. The molecule has 0 bridgehead atoms. The first-order chi connectivity index (χ1) is 20.7. The first kappa shape index (κ1) is 31.4. The van der Waals surface area contributed by atoms with Crippen molar-refractivity contribution in [1.82, 2.24) is 4.90 Å². The maximum absolute atomic E-state index is 15.6. The SMILES string of the molecule is COc1ccc(C(=O)N2CCc3c(C)c([C@@H](OC(C)(C)C)C(=O)O)c(-c4cc(F)c5c(c4C)CCCO5)c(C)c3C2)cc1F. The molecule has 0 radical (unpaired) electrons. The van der Waals surface area contributed by atoms with E-state index in [1.807, 2.05) is 20.8 Å². The van der Waals surface area contributed by atoms with Crippen molar-refractivity contribution in [3.63, 3.8) is 0 Å². The summed E-state index contributed by atoms with van der Waals surface area (Å²) < 4.78 is 46.9. The summed E-state index contributed by atoms with van der Waals surface area (Å²) >= 11 is 0. The first-order valence-electron chi connectivity index (χ1n) is 14.9. The summed E-state index contributed by atoms with van der Waals surface area (Å²) in [7, 11) is 1.36. The number of methoxy groups -OCH3 is 1. The summed E-state index contributed by atoms with van der Waals surface area (Å²) in [5, 5.41) is 10.5. The van der Waals surface area contributed by atoms with Gasteiger partial charge in [0.15, 0.2) is 29.2 Å². The average molecular weight is 608 g/mol. The molecule has 0 unspecified atom stereocenters. The monoisotopic (exact) mass is 607 g/mol. The third-order valence-corrected chi connectivity index (χ3v) is 8.65. The van der Waals surface area contributed by atoms with Crippen molar-refractivity contribution in [2.75, 3.05) is 20.3 Å². The number of aliphatic carboxylic acids is 1. The zero-order valence-electron chi connectivity index (χ0n) is 26.3. The average Bonchev–Trinajstić information content (AvgIpc) is 2.98. The highest BCUT2D eigenvalue weighted by Crippen LogP contribution is 2.46. The maximum atomic E-state index is 15.6. The van der Waals surface area contributed by atoms with Gasteiger partial charge in [0.25, 0.3) is 5.91 Å². The van der Waals surface area contributed by atoms with Crippen molar-refractivity contribution in [2.24, 2.45) is 0 Å². The topological polar surface area (TPSA) is 85.3 Å². The van der Waals surface area contributed by atoms with Gasteiger partial charge in [-0.15, -0.1) is 0 Å². The second-order valence-electron chi connectivity index (χ2n) is 12.6. The number of carbonyl (C=O) groups is 2. The van der Waals surface area contributed by atoms with E-state index in [2.05, 4.69) is 0 Å². The highest BCUT2D eigenvalue weighted by Gasteiger charge is 2.36. The molecule has 0 fully saturated rings. The number of ether oxygens (including phenoxy) is 3. The minimum atomic E-state index is -1.31. The third kappa shape index (κ3) is 5.65. The number of hydrogen-bond acceptors (Lipinski definition) is 5. The molecule has 0 saturated heterocycles. The molecule has 9 heteroatoms. The minimum Gasteiger partial charge on any atom is -0.494 e. The van der Waals surface area contributed by atoms with E-state index in [1.165, 1.54) is 31.4 Å². The number of benzene rings is 3. The summed E-state index contributed by atoms with van der Waals surface area (Å²) in [6.07, 6.45) is 0.545. The molecule has 2 aliphatic heterocycles. The Morgan fingerprint density at radius 2 is 1.70 bits per heavy atom. The van der Waals surface area contributed by atoms with Crippen LogP contribution in [0.2, 0.25) is 0 Å². The van der Waals surface area contributed by atoms with E-state index in [9.17, 15) is 19.1 Å². The van der Waals surface area contributed by atoms with Gasteiger partial charge in [0.2, 0.25) is 0 Å². The quantitative estimate of drug-likeness (QED) is 0.324. The number of fused-ring (bicyclic) bond motifs is 2. The van der Waals surface area contributed by atoms with Crippen molar-refractivity contribution in [1.29, 1.82) is 0 Å². The predicted octanol–water partition coefficient (Wildman–Crippen LogP) is 7.03. The fourth-order valence-corrected chi connectivity index (χ4v) is 6.56. The zero-order chi connectivity index (χ0) is 32.1. The van der Waals surface area contributed by atoms with Crippen molar-refractivity contribution < 1.29 is 37.7 Å². The van der Waals surface area contributed by atoms with Gasteiger partial charge in [-0.25, -0.2) is 13.6 Å². The molecule has 0 saturated carbocycles. The molecule has 7 nitrogen and oxygen atoms in total. The first-order valence-corrected chi connectivity index (χ1v) is 14.9. The van der Waals surface area contributed by atoms with Crippen LogP contribution in [0, 0.1) is 32.4 Å². The Morgan fingerprint density at radius 3 is 2.34 bits per heavy atom. The van der Waals surface area contributed by atoms with E-state index in [0.717, 1.165) is 39.8 Å². The van der Waals surface area contributed by atoms with E-state index in [-0.39, 0.29) is 29.5 Å². The molecule has 0 spiro atoms. The molecular formula is C35H39F2NO6. The Morgan fingerprint density at radius 1 is 0.977 bits per heavy atom. The fraction of sp³-hybridized carbons (Fsp3) is 0.429. The lowest BCUT2D eigenvalue weighted by Crippen LogP contribution is -2.37. The Labute approximate surface area is 256 Å². The Hall–Kier alpha value is -3.98. The van der Waals surface area contributed by atoms with E-state index in [4.69, 9.17) is 14.2 Å². The van der Waals surface area contributed by atoms with E-state index >= 15 is 4.39 Å². The smallest absolute Gasteiger partial charge is 0.337 e. The fourth-order valence-electron chi connectivity index (χ4n) is 6.56. The van der Waals surface area contributed by atoms with Crippen molar-refractivity contribution in [3.05, 3.63) is 80.4 Å². The van der Waals surface area contributed by atoms with Gasteiger partial charge in [-0.1, -0.05) is 0 Å². The molecular weight excluding hydrogens is 568 g/mol. The number of carboxylic acids is 1. The van der Waals surface area contributed by atoms with Gasteiger partial charge in [-0.2, -0.15) is 0 Å². The number of carbonyl (C=O) groups excluding carboxylic acids is 1. The molecule has 5 rings (SSSR count). The minimum absolute atomic E-state index is 0.0534. The van der Waals surface area contributed by atoms with E-state index in [1.54, 1.807) is 25.7 Å². The summed E-state index contributed by atoms with van der Waals surface area (Å²) in [5.74, 6) is -2.29. The highest BCUT2D eigenvalue weighted by atomic mass is 19.1. The van der Waals surface area contributed by atoms with Crippen molar-refractivity contribution in [3.8, 4) is 22.6 Å². The number of rotatable bonds is 6. The molecule has 1 N–H and O–H groups in total. The Bertz CT molecular complexity index is 1660. The van der Waals surface area contributed by atoms with Gasteiger partial charge in [0.1, 0.15) is 0 Å². The van der Waals surface area contributed by atoms with Gasteiger partial charge in [0.05, 0.1) is 19.3 Å². The summed E-state index contributed by atoms with van der Waals surface area (Å²) in [6, 6.07) is 5.57. The van der Waals surface area contributed by atoms with E-state index in [0.29, 0.717) is 42.7 Å². The van der Waals surface area contributed by atoms with E-state index < -0.39 is 29.3 Å². The largest absolute Gasteiger partial charge is 0.494 e. The normalized spacial score (nSPS) is 15.2. The molecule has 0 aromatic heterocycles. The standard InChI is InChI=1S/C35H39F2NO6/c1-18-23-9-8-14-43-31(23)27(37)16-24(18)29-20(3)25-17-38(33(39)21-10-11-28(42-7)26(36)15-21)13-12-22(25)19(2)30(29)32(34(40)41)44-35(4,5)6/h10-11,15-16,32H,8-9,12-14,17H2,1-7H3,(H,40,41)/t32-/m1/s1. The number of amides is 1. The van der Waals surface area contributed by atoms with Crippen LogP contribution in [0.4, 0.5) is 8.78 Å². The lowest BCUT2D eigenvalue weighted by molar-refractivity contribution is -0.160. The van der Waals surface area contributed by atoms with Crippen LogP contribution in [0.5, 0.6) is 11.5 Å². The van der Waals surface area contributed by atoms with Crippen LogP contribution < -0.4 is 9.47 Å². The Kier molecular flexibility index (Phi) is 8.46. The van der Waals surface area contributed by atoms with Crippen LogP contribution in [0.1, 0.15) is 82.6 Å². The second-order valence-corrected chi connectivity index (χ2v) is 12.6. The number of hydrogen-bond donors (Lipinski definition) is 1. The van der Waals surface area contributed by atoms with Gasteiger partial charge in [0, 0.05) is 29.8 Å². The molecule has 3 aromatic carbocycles. The highest BCUT2D eigenvalue weighted by molar-refractivity contribution is 5.95. The van der Waals surface area contributed by atoms with Gasteiger partial charge in [-0.05, 0) is 124 Å². The van der Waals surface area contributed by atoms with Crippen LogP contribution in [0.15, 0.2) is 24.3 Å². The molecule has 234 valence electrons. The van der Waals surface area contributed by atoms with Crippen LogP contribution in [0.25, 0.3) is 11.1 Å². The summed E-state index contributed by atoms with van der Waals surface area (Å²) in [5.41, 5.74) is 5.97. The van der Waals surface area contributed by atoms with Crippen LogP contribution in [0.3, 0.4) is 0 Å².